The molecule has 17 heavy (non-hydrogen) atoms. The van der Waals surface area contributed by atoms with Crippen LogP contribution in [-0.4, -0.2) is 18.5 Å². The molecule has 3 amide bonds. The fraction of sp³-hybridized carbons (Fsp3) is 0.273. The van der Waals surface area contributed by atoms with E-state index in [2.05, 4.69) is 0 Å². The molecule has 0 bridgehead atoms. The highest BCUT2D eigenvalue weighted by Gasteiger charge is 2.32. The zero-order chi connectivity index (χ0) is 12.6. The maximum absolute atomic E-state index is 13.5. The van der Waals surface area contributed by atoms with Gasteiger partial charge in [0.1, 0.15) is 17.3 Å². The summed E-state index contributed by atoms with van der Waals surface area (Å²) in [5, 5.41) is 2.05. The number of anilines is 1. The van der Waals surface area contributed by atoms with E-state index in [4.69, 9.17) is 0 Å². The zero-order valence-electron chi connectivity index (χ0n) is 9.04. The van der Waals surface area contributed by atoms with Crippen molar-refractivity contribution in [3.8, 4) is 0 Å². The average molecular weight is 240 g/mol. The van der Waals surface area contributed by atoms with Crippen molar-refractivity contribution in [1.29, 1.82) is 0 Å². The molecule has 4 nitrogen and oxygen atoms in total. The van der Waals surface area contributed by atoms with Gasteiger partial charge in [0.15, 0.2) is 0 Å². The number of carbonyl (C=O) groups excluding carboxylic acids is 2. The Hall–Kier alpha value is -1.98. The lowest BCUT2D eigenvalue weighted by Crippen LogP contribution is -2.54. The van der Waals surface area contributed by atoms with Crippen LogP contribution in [0.15, 0.2) is 18.2 Å². The van der Waals surface area contributed by atoms with Crippen molar-refractivity contribution >= 4 is 17.6 Å². The van der Waals surface area contributed by atoms with Gasteiger partial charge >= 0.3 is 6.03 Å². The van der Waals surface area contributed by atoms with E-state index in [0.29, 0.717) is 0 Å². The van der Waals surface area contributed by atoms with Crippen molar-refractivity contribution in [2.24, 2.45) is 5.92 Å². The SMILES string of the molecule is CC1CN(c2c(F)cccc2F)C(=O)NC1=O. The standard InChI is InChI=1S/C11H10F2N2O2/c1-6-5-15(11(17)14-10(6)16)9-7(12)3-2-4-8(9)13/h2-4,6H,5H2,1H3,(H,14,16,17). The number of para-hydroxylation sites is 1. The van der Waals surface area contributed by atoms with E-state index < -0.39 is 35.2 Å². The normalized spacial score (nSPS) is 20.4. The minimum atomic E-state index is -0.832. The van der Waals surface area contributed by atoms with Crippen molar-refractivity contribution in [1.82, 2.24) is 5.32 Å². The first-order chi connectivity index (χ1) is 8.00. The largest absolute Gasteiger partial charge is 0.328 e. The Morgan fingerprint density at radius 2 is 1.88 bits per heavy atom. The predicted octanol–water partition coefficient (Wildman–Crippen LogP) is 1.66. The first-order valence-corrected chi connectivity index (χ1v) is 5.07. The summed E-state index contributed by atoms with van der Waals surface area (Å²) in [6.45, 7) is 1.54. The topological polar surface area (TPSA) is 49.4 Å². The summed E-state index contributed by atoms with van der Waals surface area (Å²) >= 11 is 0. The van der Waals surface area contributed by atoms with Crippen LogP contribution in [0.1, 0.15) is 6.92 Å². The number of imide groups is 1. The van der Waals surface area contributed by atoms with E-state index in [-0.39, 0.29) is 6.54 Å². The number of nitrogens with one attached hydrogen (secondary N) is 1. The van der Waals surface area contributed by atoms with Gasteiger partial charge in [0, 0.05) is 6.54 Å². The third-order valence-electron chi connectivity index (χ3n) is 2.59. The van der Waals surface area contributed by atoms with Gasteiger partial charge in [-0.25, -0.2) is 13.6 Å². The highest BCUT2D eigenvalue weighted by Crippen LogP contribution is 2.25. The quantitative estimate of drug-likeness (QED) is 0.811. The molecule has 1 fully saturated rings. The van der Waals surface area contributed by atoms with Crippen molar-refractivity contribution in [3.63, 3.8) is 0 Å². The van der Waals surface area contributed by atoms with Gasteiger partial charge in [-0.3, -0.25) is 15.0 Å². The molecule has 1 atom stereocenters. The van der Waals surface area contributed by atoms with E-state index in [1.807, 2.05) is 5.32 Å². The zero-order valence-corrected chi connectivity index (χ0v) is 9.04. The Kier molecular flexibility index (Phi) is 2.79. The second kappa shape index (κ2) is 4.12. The molecule has 1 unspecified atom stereocenters. The molecule has 1 saturated heterocycles. The third-order valence-corrected chi connectivity index (χ3v) is 2.59. The number of halogens is 2. The van der Waals surface area contributed by atoms with Crippen LogP contribution in [0.3, 0.4) is 0 Å². The summed E-state index contributed by atoms with van der Waals surface area (Å²) < 4.78 is 27.0. The van der Waals surface area contributed by atoms with Crippen LogP contribution in [0.5, 0.6) is 0 Å². The molecule has 1 aliphatic rings. The Morgan fingerprint density at radius 3 is 2.47 bits per heavy atom. The van der Waals surface area contributed by atoms with Crippen LogP contribution in [0.4, 0.5) is 19.3 Å². The number of benzene rings is 1. The molecule has 6 heteroatoms. The molecule has 1 heterocycles. The Morgan fingerprint density at radius 1 is 1.29 bits per heavy atom. The lowest BCUT2D eigenvalue weighted by atomic mass is 10.1. The smallest absolute Gasteiger partial charge is 0.288 e. The van der Waals surface area contributed by atoms with Crippen molar-refractivity contribution in [2.75, 3.05) is 11.4 Å². The van der Waals surface area contributed by atoms with E-state index >= 15 is 0 Å². The van der Waals surface area contributed by atoms with Gasteiger partial charge in [-0.15, -0.1) is 0 Å². The molecular weight excluding hydrogens is 230 g/mol. The number of hydrogen-bond acceptors (Lipinski definition) is 2. The van der Waals surface area contributed by atoms with Gasteiger partial charge < -0.3 is 0 Å². The van der Waals surface area contributed by atoms with Crippen LogP contribution in [0, 0.1) is 17.6 Å². The van der Waals surface area contributed by atoms with Crippen LogP contribution in [-0.2, 0) is 4.79 Å². The van der Waals surface area contributed by atoms with Crippen molar-refractivity contribution in [2.45, 2.75) is 6.92 Å². The molecule has 0 radical (unpaired) electrons. The van der Waals surface area contributed by atoms with Crippen molar-refractivity contribution in [3.05, 3.63) is 29.8 Å². The second-order valence-electron chi connectivity index (χ2n) is 3.88. The number of hydrogen-bond donors (Lipinski definition) is 1. The lowest BCUT2D eigenvalue weighted by Gasteiger charge is -2.30. The molecule has 0 aliphatic carbocycles. The number of amides is 3. The average Bonchev–Trinajstić information content (AvgIpc) is 2.25. The molecule has 90 valence electrons. The van der Waals surface area contributed by atoms with E-state index in [1.165, 1.54) is 6.07 Å². The highest BCUT2D eigenvalue weighted by molar-refractivity contribution is 6.06. The number of carbonyl (C=O) groups is 2. The van der Waals surface area contributed by atoms with Gasteiger partial charge in [-0.05, 0) is 12.1 Å². The molecule has 0 saturated carbocycles. The van der Waals surface area contributed by atoms with Crippen LogP contribution < -0.4 is 10.2 Å². The number of urea groups is 1. The molecule has 0 spiro atoms. The lowest BCUT2D eigenvalue weighted by molar-refractivity contribution is -0.123. The summed E-state index contributed by atoms with van der Waals surface area (Å²) in [5.41, 5.74) is -0.427. The van der Waals surface area contributed by atoms with Crippen LogP contribution in [0.25, 0.3) is 0 Å². The fourth-order valence-corrected chi connectivity index (χ4v) is 1.68. The summed E-state index contributed by atoms with van der Waals surface area (Å²) in [7, 11) is 0. The van der Waals surface area contributed by atoms with Crippen molar-refractivity contribution < 1.29 is 18.4 Å². The molecular formula is C11H10F2N2O2. The second-order valence-corrected chi connectivity index (χ2v) is 3.88. The Labute approximate surface area is 96.2 Å². The first-order valence-electron chi connectivity index (χ1n) is 5.07. The van der Waals surface area contributed by atoms with E-state index in [0.717, 1.165) is 17.0 Å². The minimum Gasteiger partial charge on any atom is -0.288 e. The Bertz CT molecular complexity index is 470. The molecule has 1 aliphatic heterocycles. The molecule has 1 N–H and O–H groups in total. The highest BCUT2D eigenvalue weighted by atomic mass is 19.1. The number of rotatable bonds is 1. The maximum atomic E-state index is 13.5. The molecule has 1 aromatic rings. The number of nitrogens with zero attached hydrogens (tertiary/aromatic N) is 1. The monoisotopic (exact) mass is 240 g/mol. The summed E-state index contributed by atoms with van der Waals surface area (Å²) in [4.78, 5) is 23.6. The summed E-state index contributed by atoms with van der Waals surface area (Å²) in [6.07, 6.45) is 0. The van der Waals surface area contributed by atoms with Gasteiger partial charge in [-0.2, -0.15) is 0 Å². The van der Waals surface area contributed by atoms with Gasteiger partial charge in [-0.1, -0.05) is 13.0 Å². The van der Waals surface area contributed by atoms with Crippen LogP contribution in [0.2, 0.25) is 0 Å². The van der Waals surface area contributed by atoms with Gasteiger partial charge in [0.05, 0.1) is 5.92 Å². The van der Waals surface area contributed by atoms with Gasteiger partial charge in [0.2, 0.25) is 5.91 Å². The first kappa shape index (κ1) is 11.5. The van der Waals surface area contributed by atoms with Gasteiger partial charge in [0.25, 0.3) is 0 Å². The summed E-state index contributed by atoms with van der Waals surface area (Å²) in [6, 6.07) is 2.53. The minimum absolute atomic E-state index is 0.0392. The maximum Gasteiger partial charge on any atom is 0.328 e. The fourth-order valence-electron chi connectivity index (χ4n) is 1.68. The molecule has 2 rings (SSSR count). The third kappa shape index (κ3) is 1.98. The predicted molar refractivity (Wildman–Crippen MR) is 56.4 cm³/mol. The molecule has 1 aromatic carbocycles. The Balaban J connectivity index is 2.40. The van der Waals surface area contributed by atoms with E-state index in [1.54, 1.807) is 6.92 Å². The molecule has 0 aromatic heterocycles. The van der Waals surface area contributed by atoms with E-state index in [9.17, 15) is 18.4 Å². The summed E-state index contributed by atoms with van der Waals surface area (Å²) in [5.74, 6) is -2.61. The van der Waals surface area contributed by atoms with Crippen LogP contribution >= 0.6 is 0 Å².